The first-order chi connectivity index (χ1) is 7.47. The summed E-state index contributed by atoms with van der Waals surface area (Å²) in [4.78, 5) is 2.22. The summed E-state index contributed by atoms with van der Waals surface area (Å²) in [5.74, 6) is 0.531. The van der Waals surface area contributed by atoms with Gasteiger partial charge in [-0.1, -0.05) is 29.8 Å². The van der Waals surface area contributed by atoms with Gasteiger partial charge in [-0.05, 0) is 49.7 Å². The van der Waals surface area contributed by atoms with Crippen LogP contribution in [0.15, 0.2) is 22.7 Å². The second-order valence-corrected chi connectivity index (χ2v) is 5.61. The van der Waals surface area contributed by atoms with Crippen molar-refractivity contribution in [1.29, 1.82) is 0 Å². The molecule has 0 aliphatic carbocycles. The van der Waals surface area contributed by atoms with Crippen molar-refractivity contribution in [2.45, 2.75) is 26.8 Å². The lowest BCUT2D eigenvalue weighted by molar-refractivity contribution is 0.303. The molecule has 16 heavy (non-hydrogen) atoms. The van der Waals surface area contributed by atoms with Gasteiger partial charge in [-0.3, -0.25) is 0 Å². The molecule has 0 atom stereocenters. The Labute approximate surface area is 106 Å². The van der Waals surface area contributed by atoms with Crippen LogP contribution in [0.2, 0.25) is 0 Å². The van der Waals surface area contributed by atoms with Gasteiger partial charge in [0.2, 0.25) is 0 Å². The zero-order valence-electron chi connectivity index (χ0n) is 10.1. The fourth-order valence-corrected chi connectivity index (χ4v) is 2.08. The van der Waals surface area contributed by atoms with Crippen LogP contribution in [0.4, 0.5) is 4.39 Å². The van der Waals surface area contributed by atoms with Crippen LogP contribution in [0.3, 0.4) is 0 Å². The summed E-state index contributed by atoms with van der Waals surface area (Å²) in [6.45, 7) is 6.27. The number of hydrogen-bond acceptors (Lipinski definition) is 1. The van der Waals surface area contributed by atoms with Gasteiger partial charge in [0, 0.05) is 11.0 Å². The molecule has 0 unspecified atom stereocenters. The molecule has 90 valence electrons. The van der Waals surface area contributed by atoms with Gasteiger partial charge >= 0.3 is 0 Å². The average molecular weight is 288 g/mol. The quantitative estimate of drug-likeness (QED) is 0.789. The second-order valence-electron chi connectivity index (χ2n) is 4.70. The maximum atomic E-state index is 13.1. The van der Waals surface area contributed by atoms with Crippen LogP contribution < -0.4 is 0 Å². The van der Waals surface area contributed by atoms with Crippen LogP contribution in [0.1, 0.15) is 25.8 Å². The minimum atomic E-state index is -0.179. The molecule has 1 aromatic rings. The van der Waals surface area contributed by atoms with E-state index in [1.54, 1.807) is 6.07 Å². The van der Waals surface area contributed by atoms with E-state index in [-0.39, 0.29) is 5.82 Å². The van der Waals surface area contributed by atoms with Crippen molar-refractivity contribution in [2.75, 3.05) is 13.6 Å². The Morgan fingerprint density at radius 1 is 1.31 bits per heavy atom. The molecule has 0 aliphatic rings. The molecule has 0 heterocycles. The van der Waals surface area contributed by atoms with Gasteiger partial charge < -0.3 is 4.90 Å². The molecule has 0 aliphatic heterocycles. The molecule has 0 N–H and O–H groups in total. The molecule has 0 aromatic heterocycles. The van der Waals surface area contributed by atoms with E-state index in [0.717, 1.165) is 23.1 Å². The number of benzene rings is 1. The minimum Gasteiger partial charge on any atom is -0.302 e. The Hall–Kier alpha value is -0.410. The summed E-state index contributed by atoms with van der Waals surface area (Å²) < 4.78 is 13.9. The zero-order valence-corrected chi connectivity index (χ0v) is 11.7. The van der Waals surface area contributed by atoms with Crippen LogP contribution in [0.5, 0.6) is 0 Å². The number of nitrogens with zero attached hydrogens (tertiary/aromatic N) is 1. The normalized spacial score (nSPS) is 11.4. The smallest absolute Gasteiger partial charge is 0.124 e. The lowest BCUT2D eigenvalue weighted by atomic mass is 10.1. The van der Waals surface area contributed by atoms with Gasteiger partial charge in [0.05, 0.1) is 0 Å². The molecule has 3 heteroatoms. The minimum absolute atomic E-state index is 0.179. The van der Waals surface area contributed by atoms with Crippen molar-refractivity contribution < 1.29 is 4.39 Å². The fourth-order valence-electron chi connectivity index (χ4n) is 1.57. The second kappa shape index (κ2) is 6.36. The van der Waals surface area contributed by atoms with Crippen LogP contribution in [-0.2, 0) is 6.54 Å². The molecule has 0 radical (unpaired) electrons. The first-order valence-electron chi connectivity index (χ1n) is 5.61. The van der Waals surface area contributed by atoms with Crippen molar-refractivity contribution in [3.63, 3.8) is 0 Å². The highest BCUT2D eigenvalue weighted by atomic mass is 79.9. The summed E-state index contributed by atoms with van der Waals surface area (Å²) in [6, 6.07) is 5.04. The predicted molar refractivity (Wildman–Crippen MR) is 69.9 cm³/mol. The predicted octanol–water partition coefficient (Wildman–Crippen LogP) is 4.07. The molecule has 0 saturated carbocycles. The van der Waals surface area contributed by atoms with Crippen LogP contribution in [0.25, 0.3) is 0 Å². The van der Waals surface area contributed by atoms with Crippen LogP contribution in [0, 0.1) is 11.7 Å². The highest BCUT2D eigenvalue weighted by Crippen LogP contribution is 2.16. The Morgan fingerprint density at radius 2 is 2.00 bits per heavy atom. The van der Waals surface area contributed by atoms with E-state index in [9.17, 15) is 4.39 Å². The van der Waals surface area contributed by atoms with Crippen molar-refractivity contribution in [3.8, 4) is 0 Å². The SMILES string of the molecule is CC(C)CCN(C)Cc1cc(F)cc(Br)c1. The zero-order chi connectivity index (χ0) is 12.1. The number of rotatable bonds is 5. The summed E-state index contributed by atoms with van der Waals surface area (Å²) in [5, 5.41) is 0. The topological polar surface area (TPSA) is 3.24 Å². The Bertz CT molecular complexity index is 318. The average Bonchev–Trinajstić information content (AvgIpc) is 2.12. The van der Waals surface area contributed by atoms with Crippen LogP contribution >= 0.6 is 15.9 Å². The lowest BCUT2D eigenvalue weighted by Gasteiger charge is -2.18. The highest BCUT2D eigenvalue weighted by molar-refractivity contribution is 9.10. The molecule has 0 spiro atoms. The van der Waals surface area contributed by atoms with E-state index < -0.39 is 0 Å². The number of hydrogen-bond donors (Lipinski definition) is 0. The largest absolute Gasteiger partial charge is 0.302 e. The van der Waals surface area contributed by atoms with Crippen molar-refractivity contribution >= 4 is 15.9 Å². The van der Waals surface area contributed by atoms with Crippen molar-refractivity contribution in [2.24, 2.45) is 5.92 Å². The third kappa shape index (κ3) is 5.08. The van der Waals surface area contributed by atoms with E-state index in [2.05, 4.69) is 41.7 Å². The molecule has 1 aromatic carbocycles. The monoisotopic (exact) mass is 287 g/mol. The summed E-state index contributed by atoms with van der Waals surface area (Å²) in [6.07, 6.45) is 1.17. The molecule has 0 fully saturated rings. The molecule has 1 rings (SSSR count). The third-order valence-corrected chi connectivity index (χ3v) is 2.92. The third-order valence-electron chi connectivity index (χ3n) is 2.46. The molecule has 0 saturated heterocycles. The first-order valence-corrected chi connectivity index (χ1v) is 6.40. The Balaban J connectivity index is 2.52. The maximum Gasteiger partial charge on any atom is 0.124 e. The van der Waals surface area contributed by atoms with Gasteiger partial charge in [-0.25, -0.2) is 4.39 Å². The standard InChI is InChI=1S/C13H19BrFN/c1-10(2)4-5-16(3)9-11-6-12(14)8-13(15)7-11/h6-8,10H,4-5,9H2,1-3H3. The van der Waals surface area contributed by atoms with Gasteiger partial charge in [-0.2, -0.15) is 0 Å². The number of halogens is 2. The molecular formula is C13H19BrFN. The molecular weight excluding hydrogens is 269 g/mol. The molecule has 1 nitrogen and oxygen atoms in total. The van der Waals surface area contributed by atoms with E-state index in [1.165, 1.54) is 12.5 Å². The van der Waals surface area contributed by atoms with Gasteiger partial charge in [0.15, 0.2) is 0 Å². The van der Waals surface area contributed by atoms with Gasteiger partial charge in [0.25, 0.3) is 0 Å². The van der Waals surface area contributed by atoms with E-state index in [1.807, 2.05) is 6.07 Å². The van der Waals surface area contributed by atoms with Crippen molar-refractivity contribution in [3.05, 3.63) is 34.1 Å². The van der Waals surface area contributed by atoms with E-state index in [0.29, 0.717) is 5.92 Å². The van der Waals surface area contributed by atoms with E-state index in [4.69, 9.17) is 0 Å². The van der Waals surface area contributed by atoms with Gasteiger partial charge in [-0.15, -0.1) is 0 Å². The lowest BCUT2D eigenvalue weighted by Crippen LogP contribution is -2.20. The van der Waals surface area contributed by atoms with E-state index >= 15 is 0 Å². The van der Waals surface area contributed by atoms with Crippen LogP contribution in [-0.4, -0.2) is 18.5 Å². The molecule has 0 bridgehead atoms. The highest BCUT2D eigenvalue weighted by Gasteiger charge is 2.04. The van der Waals surface area contributed by atoms with Gasteiger partial charge in [0.1, 0.15) is 5.82 Å². The summed E-state index contributed by atoms with van der Waals surface area (Å²) >= 11 is 3.31. The fraction of sp³-hybridized carbons (Fsp3) is 0.538. The summed E-state index contributed by atoms with van der Waals surface area (Å²) in [5.41, 5.74) is 1.01. The first kappa shape index (κ1) is 13.7. The Kier molecular flexibility index (Phi) is 5.42. The summed E-state index contributed by atoms with van der Waals surface area (Å²) in [7, 11) is 2.07. The van der Waals surface area contributed by atoms with Crippen molar-refractivity contribution in [1.82, 2.24) is 4.90 Å². The maximum absolute atomic E-state index is 13.1. The molecule has 0 amide bonds. The Morgan fingerprint density at radius 3 is 2.56 bits per heavy atom.